The number of imidazole rings is 1. The highest BCUT2D eigenvalue weighted by molar-refractivity contribution is 5.97. The number of rotatable bonds is 6. The van der Waals surface area contributed by atoms with Crippen LogP contribution in [0.15, 0.2) is 42.5 Å². The molecule has 0 radical (unpaired) electrons. The maximum atomic E-state index is 13.5. The van der Waals surface area contributed by atoms with E-state index in [-0.39, 0.29) is 23.0 Å². The first-order valence-corrected chi connectivity index (χ1v) is 10.2. The van der Waals surface area contributed by atoms with E-state index in [9.17, 15) is 18.0 Å². The molecule has 1 amide bonds. The monoisotopic (exact) mass is 432 g/mol. The summed E-state index contributed by atoms with van der Waals surface area (Å²) < 4.78 is 45.4. The molecule has 0 saturated carbocycles. The number of carbonyl (C=O) groups is 1. The summed E-state index contributed by atoms with van der Waals surface area (Å²) >= 11 is 0. The standard InChI is InChI=1S/C22H23F3N4O2/c1-2-29-18-8-7-15(23)13-17(18)26-20(29)14-27-9-11-28(12-10-27)21(30)16-5-3-4-6-19(16)31-22(24)25/h3-8,13,22H,2,9-12,14H2,1H3. The Balaban J connectivity index is 1.43. The lowest BCUT2D eigenvalue weighted by Crippen LogP contribution is -2.48. The zero-order valence-corrected chi connectivity index (χ0v) is 17.1. The van der Waals surface area contributed by atoms with Crippen LogP contribution in [-0.2, 0) is 13.1 Å². The average Bonchev–Trinajstić information content (AvgIpc) is 3.09. The summed E-state index contributed by atoms with van der Waals surface area (Å²) in [6.45, 7) is 2.48. The van der Waals surface area contributed by atoms with Crippen molar-refractivity contribution < 1.29 is 22.7 Å². The minimum atomic E-state index is -2.99. The van der Waals surface area contributed by atoms with E-state index in [1.165, 1.54) is 24.3 Å². The van der Waals surface area contributed by atoms with Gasteiger partial charge >= 0.3 is 6.61 Å². The molecule has 2 heterocycles. The van der Waals surface area contributed by atoms with Crippen molar-refractivity contribution >= 4 is 16.9 Å². The van der Waals surface area contributed by atoms with Gasteiger partial charge in [0.25, 0.3) is 5.91 Å². The van der Waals surface area contributed by atoms with Crippen molar-refractivity contribution in [2.45, 2.75) is 26.6 Å². The molecule has 164 valence electrons. The number of hydrogen-bond donors (Lipinski definition) is 0. The van der Waals surface area contributed by atoms with E-state index in [2.05, 4.69) is 19.2 Å². The molecule has 1 aliphatic heterocycles. The number of halogens is 3. The number of aromatic nitrogens is 2. The number of hydrogen-bond acceptors (Lipinski definition) is 4. The Morgan fingerprint density at radius 1 is 1.13 bits per heavy atom. The highest BCUT2D eigenvalue weighted by Crippen LogP contribution is 2.23. The summed E-state index contributed by atoms with van der Waals surface area (Å²) in [7, 11) is 0. The third kappa shape index (κ3) is 4.51. The minimum Gasteiger partial charge on any atom is -0.434 e. The van der Waals surface area contributed by atoms with Gasteiger partial charge in [0.15, 0.2) is 0 Å². The number of benzene rings is 2. The molecular formula is C22H23F3N4O2. The maximum Gasteiger partial charge on any atom is 0.387 e. The lowest BCUT2D eigenvalue weighted by molar-refractivity contribution is -0.0503. The fourth-order valence-electron chi connectivity index (χ4n) is 3.95. The quantitative estimate of drug-likeness (QED) is 0.595. The molecule has 1 saturated heterocycles. The third-order valence-electron chi connectivity index (χ3n) is 5.46. The van der Waals surface area contributed by atoms with Gasteiger partial charge in [0.2, 0.25) is 0 Å². The van der Waals surface area contributed by atoms with Crippen molar-refractivity contribution in [2.24, 2.45) is 0 Å². The van der Waals surface area contributed by atoms with Crippen molar-refractivity contribution in [3.05, 3.63) is 59.7 Å². The topological polar surface area (TPSA) is 50.6 Å². The number of nitrogens with zero attached hydrogens (tertiary/aromatic N) is 4. The number of carbonyl (C=O) groups excluding carboxylic acids is 1. The molecule has 4 rings (SSSR count). The second-order valence-electron chi connectivity index (χ2n) is 7.35. The van der Waals surface area contributed by atoms with E-state index in [0.29, 0.717) is 38.2 Å². The molecule has 31 heavy (non-hydrogen) atoms. The molecule has 9 heteroatoms. The zero-order valence-electron chi connectivity index (χ0n) is 17.1. The van der Waals surface area contributed by atoms with Gasteiger partial charge in [-0.3, -0.25) is 9.69 Å². The van der Waals surface area contributed by atoms with Crippen LogP contribution in [0.4, 0.5) is 13.2 Å². The second-order valence-corrected chi connectivity index (χ2v) is 7.35. The number of ether oxygens (including phenoxy) is 1. The number of alkyl halides is 2. The Labute approximate surface area is 177 Å². The molecule has 0 bridgehead atoms. The van der Waals surface area contributed by atoms with Crippen molar-refractivity contribution in [1.82, 2.24) is 19.4 Å². The van der Waals surface area contributed by atoms with Gasteiger partial charge in [-0.05, 0) is 31.2 Å². The maximum absolute atomic E-state index is 13.5. The van der Waals surface area contributed by atoms with Crippen molar-refractivity contribution in [1.29, 1.82) is 0 Å². The van der Waals surface area contributed by atoms with Gasteiger partial charge in [0.05, 0.1) is 23.1 Å². The van der Waals surface area contributed by atoms with E-state index in [0.717, 1.165) is 17.9 Å². The molecule has 1 fully saturated rings. The van der Waals surface area contributed by atoms with E-state index < -0.39 is 6.61 Å². The van der Waals surface area contributed by atoms with Crippen LogP contribution in [0.2, 0.25) is 0 Å². The summed E-state index contributed by atoms with van der Waals surface area (Å²) in [6.07, 6.45) is 0. The predicted molar refractivity (Wildman–Crippen MR) is 110 cm³/mol. The molecule has 0 unspecified atom stereocenters. The Kier molecular flexibility index (Phi) is 6.13. The summed E-state index contributed by atoms with van der Waals surface area (Å²) in [6, 6.07) is 10.6. The second kappa shape index (κ2) is 8.97. The van der Waals surface area contributed by atoms with Crippen molar-refractivity contribution in [3.63, 3.8) is 0 Å². The predicted octanol–water partition coefficient (Wildman–Crippen LogP) is 3.75. The number of aryl methyl sites for hydroxylation is 1. The SMILES string of the molecule is CCn1c(CN2CCN(C(=O)c3ccccc3OC(F)F)CC2)nc2cc(F)ccc21. The summed E-state index contributed by atoms with van der Waals surface area (Å²) in [4.78, 5) is 21.3. The highest BCUT2D eigenvalue weighted by Gasteiger charge is 2.26. The van der Waals surface area contributed by atoms with Gasteiger partial charge < -0.3 is 14.2 Å². The fraction of sp³-hybridized carbons (Fsp3) is 0.364. The first-order valence-electron chi connectivity index (χ1n) is 10.2. The number of amides is 1. The van der Waals surface area contributed by atoms with Crippen LogP contribution in [0.25, 0.3) is 11.0 Å². The number of para-hydroxylation sites is 1. The molecule has 0 atom stereocenters. The molecule has 3 aromatic rings. The van der Waals surface area contributed by atoms with Crippen LogP contribution >= 0.6 is 0 Å². The van der Waals surface area contributed by atoms with E-state index in [1.54, 1.807) is 23.1 Å². The highest BCUT2D eigenvalue weighted by atomic mass is 19.3. The average molecular weight is 432 g/mol. The van der Waals surface area contributed by atoms with Gasteiger partial charge in [-0.1, -0.05) is 12.1 Å². The Bertz CT molecular complexity index is 1080. The van der Waals surface area contributed by atoms with Gasteiger partial charge in [-0.2, -0.15) is 8.78 Å². The van der Waals surface area contributed by atoms with Crippen LogP contribution in [0.5, 0.6) is 5.75 Å². The summed E-state index contributed by atoms with van der Waals surface area (Å²) in [5, 5.41) is 0. The normalized spacial score (nSPS) is 15.1. The Hall–Kier alpha value is -3.07. The largest absolute Gasteiger partial charge is 0.434 e. The van der Waals surface area contributed by atoms with Crippen molar-refractivity contribution in [3.8, 4) is 5.75 Å². The minimum absolute atomic E-state index is 0.117. The van der Waals surface area contributed by atoms with E-state index in [1.807, 2.05) is 6.92 Å². The molecule has 1 aromatic heterocycles. The molecular weight excluding hydrogens is 409 g/mol. The molecule has 0 spiro atoms. The number of fused-ring (bicyclic) bond motifs is 1. The summed E-state index contributed by atoms with van der Waals surface area (Å²) in [5.41, 5.74) is 1.65. The fourth-order valence-corrected chi connectivity index (χ4v) is 3.95. The Morgan fingerprint density at radius 2 is 1.87 bits per heavy atom. The van der Waals surface area contributed by atoms with E-state index >= 15 is 0 Å². The molecule has 0 aliphatic carbocycles. The summed E-state index contributed by atoms with van der Waals surface area (Å²) in [5.74, 6) is 0.0857. The number of piperazine rings is 1. The first kappa shape index (κ1) is 21.2. The van der Waals surface area contributed by atoms with Crippen LogP contribution in [0.3, 0.4) is 0 Å². The first-order chi connectivity index (χ1) is 15.0. The van der Waals surface area contributed by atoms with Crippen molar-refractivity contribution in [2.75, 3.05) is 26.2 Å². The molecule has 1 aliphatic rings. The van der Waals surface area contributed by atoms with Gasteiger partial charge in [0, 0.05) is 38.8 Å². The smallest absolute Gasteiger partial charge is 0.387 e. The van der Waals surface area contributed by atoms with Crippen LogP contribution < -0.4 is 4.74 Å². The van der Waals surface area contributed by atoms with Crippen LogP contribution in [-0.4, -0.2) is 58.0 Å². The molecule has 0 N–H and O–H groups in total. The van der Waals surface area contributed by atoms with Gasteiger partial charge in [-0.15, -0.1) is 0 Å². The van der Waals surface area contributed by atoms with Gasteiger partial charge in [-0.25, -0.2) is 9.37 Å². The molecule has 2 aromatic carbocycles. The van der Waals surface area contributed by atoms with Crippen LogP contribution in [0, 0.1) is 5.82 Å². The Morgan fingerprint density at radius 3 is 2.58 bits per heavy atom. The molecule has 6 nitrogen and oxygen atoms in total. The lowest BCUT2D eigenvalue weighted by atomic mass is 10.1. The third-order valence-corrected chi connectivity index (χ3v) is 5.46. The van der Waals surface area contributed by atoms with E-state index in [4.69, 9.17) is 0 Å². The van der Waals surface area contributed by atoms with Crippen LogP contribution in [0.1, 0.15) is 23.1 Å². The zero-order chi connectivity index (χ0) is 22.0. The lowest BCUT2D eigenvalue weighted by Gasteiger charge is -2.34. The van der Waals surface area contributed by atoms with Gasteiger partial charge in [0.1, 0.15) is 17.4 Å².